The molecule has 0 bridgehead atoms. The van der Waals surface area contributed by atoms with Gasteiger partial charge in [-0.2, -0.15) is 19.3 Å². The molecular weight excluding hydrogens is 363 g/mol. The fourth-order valence-electron chi connectivity index (χ4n) is 3.30. The number of carbonyl (C=O) groups excluding carboxylic acids is 2. The average molecular weight is 381 g/mol. The van der Waals surface area contributed by atoms with Crippen molar-refractivity contribution in [1.82, 2.24) is 15.0 Å². The van der Waals surface area contributed by atoms with Gasteiger partial charge in [-0.25, -0.2) is 9.18 Å². The van der Waals surface area contributed by atoms with Gasteiger partial charge in [0.1, 0.15) is 17.4 Å². The van der Waals surface area contributed by atoms with Crippen molar-refractivity contribution in [3.63, 3.8) is 0 Å². The quantitative estimate of drug-likeness (QED) is 0.744. The number of amides is 3. The van der Waals surface area contributed by atoms with Crippen LogP contribution in [-0.2, 0) is 11.3 Å². The molecule has 7 nitrogen and oxygen atoms in total. The van der Waals surface area contributed by atoms with E-state index in [0.29, 0.717) is 24.2 Å². The summed E-state index contributed by atoms with van der Waals surface area (Å²) in [6.07, 6.45) is 7.75. The highest BCUT2D eigenvalue weighted by atomic mass is 19.1. The average Bonchev–Trinajstić information content (AvgIpc) is 3.17. The summed E-state index contributed by atoms with van der Waals surface area (Å²) in [6, 6.07) is 5.45. The summed E-state index contributed by atoms with van der Waals surface area (Å²) in [5, 5.41) is 3.88. The van der Waals surface area contributed by atoms with E-state index in [9.17, 15) is 14.0 Å². The Morgan fingerprint density at radius 1 is 1.29 bits per heavy atom. The SMILES string of the molecule is CCCN1C(=O)C2C=CC=CC2=[N+](Cc2nc(-c3cccc(F)c3)no2)C1=O. The summed E-state index contributed by atoms with van der Waals surface area (Å²) < 4.78 is 20.2. The zero-order chi connectivity index (χ0) is 19.7. The van der Waals surface area contributed by atoms with Crippen LogP contribution in [0.2, 0.25) is 0 Å². The van der Waals surface area contributed by atoms with Crippen LogP contribution in [0.1, 0.15) is 19.2 Å². The van der Waals surface area contributed by atoms with E-state index >= 15 is 0 Å². The van der Waals surface area contributed by atoms with Crippen LogP contribution in [0, 0.1) is 11.7 Å². The van der Waals surface area contributed by atoms with Crippen molar-refractivity contribution in [3.05, 3.63) is 60.3 Å². The minimum Gasteiger partial charge on any atom is -0.335 e. The third-order valence-corrected chi connectivity index (χ3v) is 4.60. The number of hydrogen-bond donors (Lipinski definition) is 0. The van der Waals surface area contributed by atoms with E-state index in [0.717, 1.165) is 0 Å². The van der Waals surface area contributed by atoms with Gasteiger partial charge in [-0.05, 0) is 24.6 Å². The number of nitrogens with zero attached hydrogens (tertiary/aromatic N) is 4. The number of allylic oxidation sites excluding steroid dienone is 3. The van der Waals surface area contributed by atoms with Gasteiger partial charge in [-0.3, -0.25) is 0 Å². The number of halogens is 1. The zero-order valence-electron chi connectivity index (χ0n) is 15.2. The molecule has 0 saturated carbocycles. The van der Waals surface area contributed by atoms with Crippen LogP contribution in [0.5, 0.6) is 0 Å². The molecule has 1 aliphatic carbocycles. The lowest BCUT2D eigenvalue weighted by molar-refractivity contribution is -0.460. The first kappa shape index (κ1) is 18.0. The van der Waals surface area contributed by atoms with E-state index < -0.39 is 17.8 Å². The lowest BCUT2D eigenvalue weighted by Gasteiger charge is -2.26. The lowest BCUT2D eigenvalue weighted by atomic mass is 9.94. The van der Waals surface area contributed by atoms with Gasteiger partial charge in [0.05, 0.1) is 6.54 Å². The highest BCUT2D eigenvalue weighted by molar-refractivity contribution is 6.16. The predicted molar refractivity (Wildman–Crippen MR) is 97.8 cm³/mol. The Morgan fingerprint density at radius 2 is 2.14 bits per heavy atom. The van der Waals surface area contributed by atoms with E-state index in [4.69, 9.17) is 4.52 Å². The minimum absolute atomic E-state index is 0.0264. The molecule has 0 fully saturated rings. The van der Waals surface area contributed by atoms with E-state index in [1.165, 1.54) is 21.6 Å². The summed E-state index contributed by atoms with van der Waals surface area (Å²) in [5.41, 5.74) is 1.06. The molecule has 28 heavy (non-hydrogen) atoms. The number of benzene rings is 1. The number of aromatic nitrogens is 2. The molecule has 2 aromatic rings. The number of imide groups is 1. The molecule has 4 rings (SSSR count). The van der Waals surface area contributed by atoms with Crippen molar-refractivity contribution in [2.45, 2.75) is 19.9 Å². The maximum atomic E-state index is 13.4. The molecule has 3 amide bonds. The van der Waals surface area contributed by atoms with Crippen LogP contribution in [0.3, 0.4) is 0 Å². The molecule has 2 aliphatic rings. The summed E-state index contributed by atoms with van der Waals surface area (Å²) >= 11 is 0. The largest absolute Gasteiger partial charge is 0.501 e. The Kier molecular flexibility index (Phi) is 4.68. The minimum atomic E-state index is -0.514. The van der Waals surface area contributed by atoms with Crippen LogP contribution < -0.4 is 0 Å². The van der Waals surface area contributed by atoms with Crippen LogP contribution in [-0.4, -0.2) is 43.8 Å². The zero-order valence-corrected chi connectivity index (χ0v) is 15.2. The van der Waals surface area contributed by atoms with Gasteiger partial charge in [0.25, 0.3) is 5.89 Å². The molecule has 1 atom stereocenters. The molecule has 1 aliphatic heterocycles. The van der Waals surface area contributed by atoms with Gasteiger partial charge in [0, 0.05) is 5.56 Å². The maximum Gasteiger partial charge on any atom is 0.501 e. The summed E-state index contributed by atoms with van der Waals surface area (Å²) in [6.45, 7) is 2.27. The van der Waals surface area contributed by atoms with Gasteiger partial charge in [0.15, 0.2) is 6.54 Å². The number of urea groups is 1. The van der Waals surface area contributed by atoms with Crippen LogP contribution in [0.4, 0.5) is 9.18 Å². The Hall–Kier alpha value is -3.42. The normalized spacial score (nSPS) is 18.8. The standard InChI is InChI=1S/C20H18FN4O3/c1-2-10-24-19(26)15-8-3-4-9-16(15)25(20(24)27)12-17-22-18(23-28-17)13-6-5-7-14(21)11-13/h3-9,11,15H,2,10,12H2,1H3/q+1. The highest BCUT2D eigenvalue weighted by Gasteiger charge is 2.46. The van der Waals surface area contributed by atoms with Crippen molar-refractivity contribution in [2.75, 3.05) is 6.54 Å². The van der Waals surface area contributed by atoms with Gasteiger partial charge < -0.3 is 4.52 Å². The number of fused-ring (bicyclic) bond motifs is 1. The fourth-order valence-corrected chi connectivity index (χ4v) is 3.30. The topological polar surface area (TPSA) is 79.3 Å². The molecule has 8 heteroatoms. The molecule has 0 radical (unpaired) electrons. The molecule has 142 valence electrons. The molecule has 1 aromatic carbocycles. The molecule has 0 spiro atoms. The van der Waals surface area contributed by atoms with Crippen molar-refractivity contribution in [3.8, 4) is 11.4 Å². The van der Waals surface area contributed by atoms with E-state index in [1.807, 2.05) is 6.92 Å². The summed E-state index contributed by atoms with van der Waals surface area (Å²) in [7, 11) is 0. The van der Waals surface area contributed by atoms with Crippen LogP contribution >= 0.6 is 0 Å². The van der Waals surface area contributed by atoms with Crippen molar-refractivity contribution in [1.29, 1.82) is 0 Å². The third kappa shape index (κ3) is 3.17. The van der Waals surface area contributed by atoms with Gasteiger partial charge in [-0.1, -0.05) is 42.4 Å². The van der Waals surface area contributed by atoms with Crippen LogP contribution in [0.15, 0.2) is 53.1 Å². The number of rotatable bonds is 5. The van der Waals surface area contributed by atoms with Crippen molar-refractivity contribution < 1.29 is 23.1 Å². The van der Waals surface area contributed by atoms with Gasteiger partial charge in [0.2, 0.25) is 5.82 Å². The molecule has 0 saturated heterocycles. The Balaban J connectivity index is 1.68. The first-order chi connectivity index (χ1) is 13.6. The van der Waals surface area contributed by atoms with E-state index in [1.54, 1.807) is 36.4 Å². The first-order valence-corrected chi connectivity index (χ1v) is 9.01. The monoisotopic (exact) mass is 381 g/mol. The second-order valence-corrected chi connectivity index (χ2v) is 6.53. The smallest absolute Gasteiger partial charge is 0.335 e. The Labute approximate surface area is 160 Å². The molecular formula is C20H18FN4O3+. The highest BCUT2D eigenvalue weighted by Crippen LogP contribution is 2.22. The van der Waals surface area contributed by atoms with Crippen LogP contribution in [0.25, 0.3) is 11.4 Å². The van der Waals surface area contributed by atoms with E-state index in [-0.39, 0.29) is 24.2 Å². The van der Waals surface area contributed by atoms with Gasteiger partial charge in [-0.15, -0.1) is 0 Å². The fraction of sp³-hybridized carbons (Fsp3) is 0.250. The van der Waals surface area contributed by atoms with Gasteiger partial charge >= 0.3 is 11.9 Å². The summed E-state index contributed by atoms with van der Waals surface area (Å²) in [4.78, 5) is 31.1. The third-order valence-electron chi connectivity index (χ3n) is 4.60. The van der Waals surface area contributed by atoms with Crippen molar-refractivity contribution >= 4 is 17.6 Å². The lowest BCUT2D eigenvalue weighted by Crippen LogP contribution is -2.54. The van der Waals surface area contributed by atoms with E-state index in [2.05, 4.69) is 10.1 Å². The molecule has 2 heterocycles. The Morgan fingerprint density at radius 3 is 2.93 bits per heavy atom. The number of carbonyl (C=O) groups is 2. The second kappa shape index (κ2) is 7.30. The number of hydrogen-bond acceptors (Lipinski definition) is 5. The first-order valence-electron chi connectivity index (χ1n) is 9.01. The predicted octanol–water partition coefficient (Wildman–Crippen LogP) is 2.94. The maximum absolute atomic E-state index is 13.4. The molecule has 0 N–H and O–H groups in total. The Bertz CT molecular complexity index is 1040. The molecule has 1 aromatic heterocycles. The second-order valence-electron chi connectivity index (χ2n) is 6.53. The van der Waals surface area contributed by atoms with Crippen molar-refractivity contribution in [2.24, 2.45) is 5.92 Å². The molecule has 1 unspecified atom stereocenters. The summed E-state index contributed by atoms with van der Waals surface area (Å²) in [5.74, 6) is -0.709.